The first-order valence-electron chi connectivity index (χ1n) is 3.14. The van der Waals surface area contributed by atoms with E-state index >= 15 is 0 Å². The molecule has 0 aromatic rings. The number of rotatable bonds is 4. The number of halogens is 6. The smallest absolute Gasteiger partial charge is 0.262 e. The van der Waals surface area contributed by atoms with Gasteiger partial charge in [-0.25, -0.2) is 26.3 Å². The molecule has 0 bridgehead atoms. The molecule has 0 aliphatic rings. The van der Waals surface area contributed by atoms with Crippen molar-refractivity contribution in [2.45, 2.75) is 25.4 Å². The van der Waals surface area contributed by atoms with E-state index in [2.05, 4.69) is 12.6 Å². The summed E-state index contributed by atoms with van der Waals surface area (Å²) in [5.74, 6) is 0. The molecule has 0 aromatic heterocycles. The average Bonchev–Trinajstić information content (AvgIpc) is 2.03. The lowest BCUT2D eigenvalue weighted by Crippen LogP contribution is -2.47. The first-order chi connectivity index (χ1) is 6.29. The van der Waals surface area contributed by atoms with Crippen molar-refractivity contribution in [1.82, 2.24) is 4.90 Å². The lowest BCUT2D eigenvalue weighted by Gasteiger charge is -2.26. The maximum atomic E-state index is 12.4. The molecule has 2 unspecified atom stereocenters. The van der Waals surface area contributed by atoms with Crippen molar-refractivity contribution in [1.29, 1.82) is 0 Å². The topological polar surface area (TPSA) is 20.3 Å². The van der Waals surface area contributed by atoms with Crippen molar-refractivity contribution in [2.75, 3.05) is 0 Å². The van der Waals surface area contributed by atoms with Crippen molar-refractivity contribution < 1.29 is 31.1 Å². The summed E-state index contributed by atoms with van der Waals surface area (Å²) in [4.78, 5) is 9.32. The SMILES string of the molecule is O=C(S)N(C(F)C(F)F)C(F)C(F)F. The van der Waals surface area contributed by atoms with Crippen molar-refractivity contribution in [3.8, 4) is 0 Å². The highest BCUT2D eigenvalue weighted by Crippen LogP contribution is 2.21. The van der Waals surface area contributed by atoms with Crippen LogP contribution in [-0.4, -0.2) is 35.6 Å². The normalized spacial score (nSPS) is 15.8. The van der Waals surface area contributed by atoms with E-state index in [9.17, 15) is 31.1 Å². The van der Waals surface area contributed by atoms with E-state index in [4.69, 9.17) is 0 Å². The third-order valence-electron chi connectivity index (χ3n) is 1.17. The van der Waals surface area contributed by atoms with Crippen LogP contribution in [0.5, 0.6) is 0 Å². The Morgan fingerprint density at radius 1 is 0.929 bits per heavy atom. The standard InChI is InChI=1S/C5H5F6NOS/c6-1(7)3(10)12(5(13)14)4(11)2(8)9/h1-4H,(H,13,14). The summed E-state index contributed by atoms with van der Waals surface area (Å²) in [6.07, 6.45) is -14.4. The Morgan fingerprint density at radius 2 is 1.21 bits per heavy atom. The Labute approximate surface area is 80.3 Å². The highest BCUT2D eigenvalue weighted by molar-refractivity contribution is 7.96. The monoisotopic (exact) mass is 241 g/mol. The minimum Gasteiger partial charge on any atom is -0.262 e. The average molecular weight is 241 g/mol. The fourth-order valence-corrected chi connectivity index (χ4v) is 0.810. The molecule has 9 heteroatoms. The maximum absolute atomic E-state index is 12.4. The van der Waals surface area contributed by atoms with Gasteiger partial charge < -0.3 is 0 Å². The van der Waals surface area contributed by atoms with Gasteiger partial charge in [0.25, 0.3) is 18.1 Å². The molecule has 0 radical (unpaired) electrons. The van der Waals surface area contributed by atoms with Crippen molar-refractivity contribution in [3.05, 3.63) is 0 Å². The Bertz CT molecular complexity index is 189. The molecule has 14 heavy (non-hydrogen) atoms. The van der Waals surface area contributed by atoms with Crippen LogP contribution >= 0.6 is 12.6 Å². The van der Waals surface area contributed by atoms with Crippen LogP contribution in [0.1, 0.15) is 0 Å². The number of hydrogen-bond donors (Lipinski definition) is 1. The zero-order chi connectivity index (χ0) is 11.5. The molecule has 2 nitrogen and oxygen atoms in total. The van der Waals surface area contributed by atoms with Gasteiger partial charge in [0.15, 0.2) is 0 Å². The fourth-order valence-electron chi connectivity index (χ4n) is 0.590. The minimum atomic E-state index is -3.77. The lowest BCUT2D eigenvalue weighted by atomic mass is 10.4. The second-order valence-electron chi connectivity index (χ2n) is 2.10. The molecule has 0 saturated carbocycles. The molecule has 0 spiro atoms. The van der Waals surface area contributed by atoms with Crippen molar-refractivity contribution in [2.24, 2.45) is 0 Å². The van der Waals surface area contributed by atoms with Gasteiger partial charge in [-0.05, 0) is 0 Å². The van der Waals surface area contributed by atoms with E-state index in [-0.39, 0.29) is 0 Å². The number of carbonyl (C=O) groups excluding carboxylic acids is 1. The van der Waals surface area contributed by atoms with Crippen LogP contribution in [0.3, 0.4) is 0 Å². The second kappa shape index (κ2) is 5.32. The summed E-state index contributed by atoms with van der Waals surface area (Å²) in [5, 5.41) is -1.83. The molecule has 0 rings (SSSR count). The molecule has 0 fully saturated rings. The van der Waals surface area contributed by atoms with Gasteiger partial charge in [0.1, 0.15) is 0 Å². The van der Waals surface area contributed by atoms with E-state index in [1.54, 1.807) is 0 Å². The molecule has 0 aromatic carbocycles. The van der Waals surface area contributed by atoms with Gasteiger partial charge in [0.05, 0.1) is 0 Å². The summed E-state index contributed by atoms with van der Waals surface area (Å²) < 4.78 is 71.4. The van der Waals surface area contributed by atoms with E-state index in [0.29, 0.717) is 0 Å². The number of thiol groups is 1. The molecule has 0 saturated heterocycles. The highest BCUT2D eigenvalue weighted by atomic mass is 32.1. The van der Waals surface area contributed by atoms with Crippen LogP contribution in [0.4, 0.5) is 31.1 Å². The Kier molecular flexibility index (Phi) is 5.09. The number of hydrogen-bond acceptors (Lipinski definition) is 1. The molecule has 0 heterocycles. The number of nitrogens with zero attached hydrogens (tertiary/aromatic N) is 1. The Balaban J connectivity index is 4.68. The third kappa shape index (κ3) is 3.28. The minimum absolute atomic E-state index is 0.960. The van der Waals surface area contributed by atoms with Crippen molar-refractivity contribution in [3.63, 3.8) is 0 Å². The summed E-state index contributed by atoms with van der Waals surface area (Å²) in [7, 11) is 0. The molecule has 0 aliphatic carbocycles. The highest BCUT2D eigenvalue weighted by Gasteiger charge is 2.39. The molecule has 2 atom stereocenters. The quantitative estimate of drug-likeness (QED) is 0.455. The lowest BCUT2D eigenvalue weighted by molar-refractivity contribution is -0.107. The van der Waals surface area contributed by atoms with E-state index in [1.165, 1.54) is 0 Å². The van der Waals surface area contributed by atoms with Gasteiger partial charge in [-0.2, -0.15) is 0 Å². The zero-order valence-corrected chi connectivity index (χ0v) is 7.27. The van der Waals surface area contributed by atoms with Crippen LogP contribution < -0.4 is 0 Å². The van der Waals surface area contributed by atoms with Gasteiger partial charge in [-0.15, -0.1) is 0 Å². The molecule has 84 valence electrons. The van der Waals surface area contributed by atoms with Crippen LogP contribution in [0, 0.1) is 0 Å². The predicted octanol–water partition coefficient (Wildman–Crippen LogP) is 2.46. The van der Waals surface area contributed by atoms with E-state index in [0.717, 1.165) is 0 Å². The van der Waals surface area contributed by atoms with Gasteiger partial charge in [-0.1, -0.05) is 12.6 Å². The number of amides is 1. The van der Waals surface area contributed by atoms with Gasteiger partial charge in [-0.3, -0.25) is 9.69 Å². The van der Waals surface area contributed by atoms with Crippen molar-refractivity contribution >= 4 is 17.9 Å². The fraction of sp³-hybridized carbons (Fsp3) is 0.800. The maximum Gasteiger partial charge on any atom is 0.287 e. The number of alkyl halides is 6. The largest absolute Gasteiger partial charge is 0.287 e. The van der Waals surface area contributed by atoms with Gasteiger partial charge >= 0.3 is 0 Å². The van der Waals surface area contributed by atoms with E-state index in [1.807, 2.05) is 0 Å². The van der Waals surface area contributed by atoms with E-state index < -0.39 is 35.6 Å². The predicted molar refractivity (Wildman–Crippen MR) is 38.0 cm³/mol. The Morgan fingerprint density at radius 3 is 1.36 bits per heavy atom. The summed E-state index contributed by atoms with van der Waals surface area (Å²) in [6, 6.07) is 0. The summed E-state index contributed by atoms with van der Waals surface area (Å²) in [5.41, 5.74) is 0. The Hall–Kier alpha value is -0.600. The first kappa shape index (κ1) is 13.4. The summed E-state index contributed by atoms with van der Waals surface area (Å²) >= 11 is 2.80. The van der Waals surface area contributed by atoms with Crippen LogP contribution in [0.25, 0.3) is 0 Å². The van der Waals surface area contributed by atoms with Crippen LogP contribution in [0.15, 0.2) is 0 Å². The summed E-state index contributed by atoms with van der Waals surface area (Å²) in [6.45, 7) is 0. The zero-order valence-electron chi connectivity index (χ0n) is 6.38. The molecule has 0 N–H and O–H groups in total. The molecular formula is C5H5F6NOS. The molecule has 1 amide bonds. The second-order valence-corrected chi connectivity index (χ2v) is 2.49. The van der Waals surface area contributed by atoms with Gasteiger partial charge in [0.2, 0.25) is 12.6 Å². The first-order valence-corrected chi connectivity index (χ1v) is 3.59. The van der Waals surface area contributed by atoms with Crippen LogP contribution in [-0.2, 0) is 0 Å². The number of carbonyl (C=O) groups is 1. The molecular weight excluding hydrogens is 236 g/mol. The van der Waals surface area contributed by atoms with Crippen LogP contribution in [0.2, 0.25) is 0 Å². The van der Waals surface area contributed by atoms with Gasteiger partial charge in [0, 0.05) is 0 Å². The third-order valence-corrected chi connectivity index (χ3v) is 1.40. The molecule has 0 aliphatic heterocycles.